The Kier molecular flexibility index (Phi) is 5.33. The van der Waals surface area contributed by atoms with Gasteiger partial charge >= 0.3 is 0 Å². The summed E-state index contributed by atoms with van der Waals surface area (Å²) >= 11 is 7.02. The molecule has 2 aromatic rings. The summed E-state index contributed by atoms with van der Waals surface area (Å²) in [7, 11) is 1.68. The highest BCUT2D eigenvalue weighted by Gasteiger charge is 2.19. The third-order valence-corrected chi connectivity index (χ3v) is 5.98. The number of halogens is 1. The number of methoxy groups -OCH3 is 1. The van der Waals surface area contributed by atoms with Gasteiger partial charge in [0.15, 0.2) is 0 Å². The lowest BCUT2D eigenvalue weighted by molar-refractivity contribution is 0.413. The lowest BCUT2D eigenvalue weighted by Crippen LogP contribution is -2.21. The Morgan fingerprint density at radius 1 is 1.32 bits per heavy atom. The van der Waals surface area contributed by atoms with Crippen molar-refractivity contribution in [3.63, 3.8) is 0 Å². The second-order valence-electron chi connectivity index (χ2n) is 4.22. The molecule has 0 bridgehead atoms. The highest BCUT2D eigenvalue weighted by Crippen LogP contribution is 2.41. The zero-order valence-corrected chi connectivity index (χ0v) is 14.0. The van der Waals surface area contributed by atoms with E-state index in [0.717, 1.165) is 9.54 Å². The van der Waals surface area contributed by atoms with Crippen LogP contribution in [0.2, 0.25) is 0 Å². The first-order valence-electron chi connectivity index (χ1n) is 5.91. The fraction of sp³-hybridized carbons (Fsp3) is 0.286. The van der Waals surface area contributed by atoms with Gasteiger partial charge in [-0.3, -0.25) is 0 Å². The summed E-state index contributed by atoms with van der Waals surface area (Å²) in [6.45, 7) is 2.05. The Morgan fingerprint density at radius 2 is 2.11 bits per heavy atom. The summed E-state index contributed by atoms with van der Waals surface area (Å²) < 4.78 is 6.40. The molecule has 0 aliphatic rings. The minimum Gasteiger partial charge on any atom is -0.497 e. The van der Waals surface area contributed by atoms with Crippen molar-refractivity contribution in [3.05, 3.63) is 45.1 Å². The van der Waals surface area contributed by atoms with E-state index in [9.17, 15) is 0 Å². The van der Waals surface area contributed by atoms with E-state index < -0.39 is 0 Å². The van der Waals surface area contributed by atoms with Crippen molar-refractivity contribution in [2.24, 2.45) is 5.73 Å². The SMILES string of the molecule is COc1cccc(SC(c2ccc(Br)s2)C(C)N)c1. The quantitative estimate of drug-likeness (QED) is 0.787. The van der Waals surface area contributed by atoms with Gasteiger partial charge in [0.1, 0.15) is 5.75 Å². The highest BCUT2D eigenvalue weighted by atomic mass is 79.9. The maximum Gasteiger partial charge on any atom is 0.119 e. The molecule has 2 N–H and O–H groups in total. The van der Waals surface area contributed by atoms with Crippen molar-refractivity contribution in [3.8, 4) is 5.75 Å². The number of hydrogen-bond donors (Lipinski definition) is 1. The lowest BCUT2D eigenvalue weighted by atomic mass is 10.2. The molecule has 0 saturated carbocycles. The van der Waals surface area contributed by atoms with E-state index in [1.54, 1.807) is 30.2 Å². The number of thiophene rings is 1. The highest BCUT2D eigenvalue weighted by molar-refractivity contribution is 9.11. The van der Waals surface area contributed by atoms with Crippen LogP contribution in [0.15, 0.2) is 45.1 Å². The molecule has 1 aromatic carbocycles. The fourth-order valence-corrected chi connectivity index (χ4v) is 4.58. The molecule has 2 nitrogen and oxygen atoms in total. The molecule has 2 atom stereocenters. The van der Waals surface area contributed by atoms with E-state index in [4.69, 9.17) is 10.5 Å². The van der Waals surface area contributed by atoms with Gasteiger partial charge in [-0.05, 0) is 53.2 Å². The van der Waals surface area contributed by atoms with Crippen LogP contribution in [-0.2, 0) is 0 Å². The standard InChI is InChI=1S/C14H16BrNOS2/c1-9(16)14(12-6-7-13(15)19-12)18-11-5-3-4-10(8-11)17-2/h3-9,14H,16H2,1-2H3. The topological polar surface area (TPSA) is 35.2 Å². The number of nitrogens with two attached hydrogens (primary N) is 1. The summed E-state index contributed by atoms with van der Waals surface area (Å²) in [4.78, 5) is 2.46. The number of rotatable bonds is 5. The molecule has 5 heteroatoms. The number of thioether (sulfide) groups is 1. The lowest BCUT2D eigenvalue weighted by Gasteiger charge is -2.19. The zero-order chi connectivity index (χ0) is 13.8. The molecule has 1 aromatic heterocycles. The van der Waals surface area contributed by atoms with Gasteiger partial charge in [-0.15, -0.1) is 23.1 Å². The van der Waals surface area contributed by atoms with Gasteiger partial charge in [0.2, 0.25) is 0 Å². The predicted molar refractivity (Wildman–Crippen MR) is 87.3 cm³/mol. The monoisotopic (exact) mass is 357 g/mol. The van der Waals surface area contributed by atoms with Gasteiger partial charge in [-0.2, -0.15) is 0 Å². The van der Waals surface area contributed by atoms with Crippen LogP contribution in [0, 0.1) is 0 Å². The maximum atomic E-state index is 6.14. The van der Waals surface area contributed by atoms with Gasteiger partial charge in [-0.25, -0.2) is 0 Å². The third-order valence-electron chi connectivity index (χ3n) is 2.66. The van der Waals surface area contributed by atoms with Gasteiger partial charge in [-0.1, -0.05) is 6.07 Å². The Balaban J connectivity index is 2.21. The number of hydrogen-bond acceptors (Lipinski definition) is 4. The molecule has 0 spiro atoms. The van der Waals surface area contributed by atoms with Crippen molar-refractivity contribution in [2.45, 2.75) is 23.1 Å². The van der Waals surface area contributed by atoms with Crippen molar-refractivity contribution < 1.29 is 4.74 Å². The van der Waals surface area contributed by atoms with Gasteiger partial charge in [0.25, 0.3) is 0 Å². The average Bonchev–Trinajstić information content (AvgIpc) is 2.82. The molecule has 0 radical (unpaired) electrons. The minimum atomic E-state index is 0.0850. The molecule has 0 aliphatic heterocycles. The van der Waals surface area contributed by atoms with E-state index in [2.05, 4.69) is 34.1 Å². The molecule has 2 rings (SSSR count). The van der Waals surface area contributed by atoms with E-state index >= 15 is 0 Å². The van der Waals surface area contributed by atoms with Crippen LogP contribution >= 0.6 is 39.0 Å². The number of ether oxygens (including phenoxy) is 1. The van der Waals surface area contributed by atoms with Crippen LogP contribution < -0.4 is 10.5 Å². The van der Waals surface area contributed by atoms with Gasteiger partial charge in [0.05, 0.1) is 16.1 Å². The van der Waals surface area contributed by atoms with Crippen molar-refractivity contribution in [1.29, 1.82) is 0 Å². The van der Waals surface area contributed by atoms with Crippen LogP contribution in [-0.4, -0.2) is 13.2 Å². The molecule has 2 unspecified atom stereocenters. The third kappa shape index (κ3) is 3.99. The van der Waals surface area contributed by atoms with Crippen LogP contribution in [0.4, 0.5) is 0 Å². The summed E-state index contributed by atoms with van der Waals surface area (Å²) in [5.41, 5.74) is 6.14. The molecule has 0 saturated heterocycles. The first-order valence-corrected chi connectivity index (χ1v) is 8.40. The van der Waals surface area contributed by atoms with E-state index in [1.165, 1.54) is 9.77 Å². The summed E-state index contributed by atoms with van der Waals surface area (Å²) in [6, 6.07) is 12.4. The van der Waals surface area contributed by atoms with Gasteiger partial charge < -0.3 is 10.5 Å². The Hall–Kier alpha value is -0.490. The van der Waals surface area contributed by atoms with Crippen LogP contribution in [0.5, 0.6) is 5.75 Å². The molecular formula is C14H16BrNOS2. The minimum absolute atomic E-state index is 0.0850. The zero-order valence-electron chi connectivity index (χ0n) is 10.8. The van der Waals surface area contributed by atoms with Crippen molar-refractivity contribution >= 4 is 39.0 Å². The largest absolute Gasteiger partial charge is 0.497 e. The Labute approximate surface area is 130 Å². The van der Waals surface area contributed by atoms with E-state index in [-0.39, 0.29) is 11.3 Å². The second-order valence-corrected chi connectivity index (χ2v) is 7.93. The van der Waals surface area contributed by atoms with Gasteiger partial charge in [0, 0.05) is 15.8 Å². The first kappa shape index (κ1) is 14.9. The van der Waals surface area contributed by atoms with Crippen LogP contribution in [0.1, 0.15) is 17.1 Å². The maximum absolute atomic E-state index is 6.14. The molecule has 0 aliphatic carbocycles. The molecule has 19 heavy (non-hydrogen) atoms. The normalized spacial score (nSPS) is 14.1. The summed E-state index contributed by atoms with van der Waals surface area (Å²) in [5, 5.41) is 0.253. The second kappa shape index (κ2) is 6.79. The predicted octanol–water partition coefficient (Wildman–Crippen LogP) is 4.70. The van der Waals surface area contributed by atoms with Crippen molar-refractivity contribution in [1.82, 2.24) is 0 Å². The summed E-state index contributed by atoms with van der Waals surface area (Å²) in [5.74, 6) is 0.876. The summed E-state index contributed by atoms with van der Waals surface area (Å²) in [6.07, 6.45) is 0. The van der Waals surface area contributed by atoms with E-state index in [0.29, 0.717) is 0 Å². The molecule has 0 amide bonds. The van der Waals surface area contributed by atoms with Crippen molar-refractivity contribution in [2.75, 3.05) is 7.11 Å². The molecule has 1 heterocycles. The Bertz CT molecular complexity index is 542. The molecule has 0 fully saturated rings. The molecule has 102 valence electrons. The smallest absolute Gasteiger partial charge is 0.119 e. The first-order chi connectivity index (χ1) is 9.10. The van der Waals surface area contributed by atoms with Crippen LogP contribution in [0.3, 0.4) is 0 Å². The van der Waals surface area contributed by atoms with E-state index in [1.807, 2.05) is 25.1 Å². The fourth-order valence-electron chi connectivity index (χ4n) is 1.73. The van der Waals surface area contributed by atoms with Crippen LogP contribution in [0.25, 0.3) is 0 Å². The Morgan fingerprint density at radius 3 is 2.68 bits per heavy atom. The average molecular weight is 358 g/mol. The molecular weight excluding hydrogens is 342 g/mol. The number of benzene rings is 1.